The van der Waals surface area contributed by atoms with Crippen LogP contribution in [0, 0.1) is 11.3 Å². The molecule has 0 bridgehead atoms. The van der Waals surface area contributed by atoms with Crippen LogP contribution < -0.4 is 5.32 Å². The van der Waals surface area contributed by atoms with Crippen LogP contribution in [0.2, 0.25) is 0 Å². The molecule has 0 saturated heterocycles. The lowest BCUT2D eigenvalue weighted by Crippen LogP contribution is -2.47. The van der Waals surface area contributed by atoms with Crippen LogP contribution in [-0.2, 0) is 11.2 Å². The highest BCUT2D eigenvalue weighted by Crippen LogP contribution is 2.00. The number of rotatable bonds is 6. The van der Waals surface area contributed by atoms with E-state index in [0.717, 1.165) is 0 Å². The summed E-state index contributed by atoms with van der Waals surface area (Å²) >= 11 is 0. The van der Waals surface area contributed by atoms with Gasteiger partial charge in [0.2, 0.25) is 0 Å². The number of nitrogens with one attached hydrogen (secondary N) is 2. The minimum Gasteiger partial charge on any atom is -0.480 e. The molecule has 19 heavy (non-hydrogen) atoms. The number of amides is 2. The number of carbonyl (C=O) groups is 2. The standard InChI is InChI=1S/C11H15N5O3/c1-16(4-2-3-12)11(19)15-9(10(17)18)5-8-6-13-7-14-8/h6-7,9H,2,4-5H2,1H3,(H,13,14)(H,15,19)(H,17,18). The van der Waals surface area contributed by atoms with Gasteiger partial charge in [0.05, 0.1) is 18.8 Å². The number of H-pyrrole nitrogens is 1. The maximum Gasteiger partial charge on any atom is 0.326 e. The van der Waals surface area contributed by atoms with Crippen LogP contribution in [0.1, 0.15) is 12.1 Å². The summed E-state index contributed by atoms with van der Waals surface area (Å²) in [6, 6.07) is 0.345. The number of hydrogen-bond acceptors (Lipinski definition) is 4. The molecular weight excluding hydrogens is 250 g/mol. The number of imidazole rings is 1. The number of urea groups is 1. The molecule has 1 unspecified atom stereocenters. The van der Waals surface area contributed by atoms with Crippen molar-refractivity contribution in [1.29, 1.82) is 5.26 Å². The predicted molar refractivity (Wildman–Crippen MR) is 65.1 cm³/mol. The number of aromatic nitrogens is 2. The molecule has 0 fully saturated rings. The maximum absolute atomic E-state index is 11.7. The number of nitrogens with zero attached hydrogens (tertiary/aromatic N) is 3. The summed E-state index contributed by atoms with van der Waals surface area (Å²) in [5.41, 5.74) is 0.618. The summed E-state index contributed by atoms with van der Waals surface area (Å²) in [5, 5.41) is 19.9. The van der Waals surface area contributed by atoms with Gasteiger partial charge in [-0.15, -0.1) is 0 Å². The van der Waals surface area contributed by atoms with Gasteiger partial charge >= 0.3 is 12.0 Å². The van der Waals surface area contributed by atoms with Crippen LogP contribution in [0.25, 0.3) is 0 Å². The van der Waals surface area contributed by atoms with E-state index in [2.05, 4.69) is 15.3 Å². The molecule has 1 aromatic rings. The van der Waals surface area contributed by atoms with E-state index < -0.39 is 18.0 Å². The Morgan fingerprint density at radius 2 is 2.42 bits per heavy atom. The Balaban J connectivity index is 2.56. The van der Waals surface area contributed by atoms with E-state index in [1.165, 1.54) is 24.5 Å². The highest BCUT2D eigenvalue weighted by atomic mass is 16.4. The Bertz CT molecular complexity index is 465. The van der Waals surface area contributed by atoms with Crippen molar-refractivity contribution in [3.05, 3.63) is 18.2 Å². The van der Waals surface area contributed by atoms with Gasteiger partial charge in [0.15, 0.2) is 0 Å². The molecule has 0 aliphatic rings. The first-order valence-corrected chi connectivity index (χ1v) is 5.63. The van der Waals surface area contributed by atoms with Gasteiger partial charge < -0.3 is 20.3 Å². The van der Waals surface area contributed by atoms with Crippen molar-refractivity contribution in [1.82, 2.24) is 20.2 Å². The molecule has 0 radical (unpaired) electrons. The van der Waals surface area contributed by atoms with Crippen molar-refractivity contribution in [2.24, 2.45) is 0 Å². The number of carboxylic acids is 1. The molecule has 8 heteroatoms. The highest BCUT2D eigenvalue weighted by molar-refractivity contribution is 5.82. The molecule has 102 valence electrons. The minimum absolute atomic E-state index is 0.118. The van der Waals surface area contributed by atoms with Crippen molar-refractivity contribution >= 4 is 12.0 Å². The summed E-state index contributed by atoms with van der Waals surface area (Å²) in [4.78, 5) is 30.6. The molecule has 0 aromatic carbocycles. The van der Waals surface area contributed by atoms with Gasteiger partial charge in [0, 0.05) is 31.9 Å². The third-order valence-corrected chi connectivity index (χ3v) is 2.48. The molecule has 0 spiro atoms. The van der Waals surface area contributed by atoms with E-state index in [4.69, 9.17) is 10.4 Å². The summed E-state index contributed by atoms with van der Waals surface area (Å²) in [6.45, 7) is 0.249. The van der Waals surface area contributed by atoms with E-state index in [1.54, 1.807) is 0 Å². The lowest BCUT2D eigenvalue weighted by atomic mass is 10.1. The Labute approximate surface area is 110 Å². The van der Waals surface area contributed by atoms with Crippen LogP contribution in [-0.4, -0.2) is 51.6 Å². The van der Waals surface area contributed by atoms with Gasteiger partial charge in [-0.1, -0.05) is 0 Å². The van der Waals surface area contributed by atoms with Crippen molar-refractivity contribution in [2.45, 2.75) is 18.9 Å². The first-order valence-electron chi connectivity index (χ1n) is 5.63. The van der Waals surface area contributed by atoms with E-state index in [9.17, 15) is 9.59 Å². The fourth-order valence-electron chi connectivity index (χ4n) is 1.39. The van der Waals surface area contributed by atoms with E-state index in [0.29, 0.717) is 5.69 Å². The molecular formula is C11H15N5O3. The van der Waals surface area contributed by atoms with Crippen molar-refractivity contribution in [2.75, 3.05) is 13.6 Å². The summed E-state index contributed by atoms with van der Waals surface area (Å²) in [7, 11) is 1.50. The third-order valence-electron chi connectivity index (χ3n) is 2.48. The zero-order chi connectivity index (χ0) is 14.3. The van der Waals surface area contributed by atoms with Gasteiger partial charge in [-0.2, -0.15) is 5.26 Å². The molecule has 1 rings (SSSR count). The Morgan fingerprint density at radius 3 is 2.95 bits per heavy atom. The quantitative estimate of drug-likeness (QED) is 0.666. The zero-order valence-electron chi connectivity index (χ0n) is 10.5. The molecule has 1 atom stereocenters. The van der Waals surface area contributed by atoms with Gasteiger partial charge in [-0.25, -0.2) is 14.6 Å². The number of aromatic amines is 1. The fourth-order valence-corrected chi connectivity index (χ4v) is 1.39. The summed E-state index contributed by atoms with van der Waals surface area (Å²) in [6.07, 6.45) is 3.26. The molecule has 0 aliphatic carbocycles. The van der Waals surface area contributed by atoms with E-state index in [-0.39, 0.29) is 19.4 Å². The first-order chi connectivity index (χ1) is 9.04. The Morgan fingerprint density at radius 1 is 1.68 bits per heavy atom. The van der Waals surface area contributed by atoms with Crippen molar-refractivity contribution in [3.63, 3.8) is 0 Å². The van der Waals surface area contributed by atoms with Crippen LogP contribution in [0.4, 0.5) is 4.79 Å². The smallest absolute Gasteiger partial charge is 0.326 e. The average Bonchev–Trinajstić information content (AvgIpc) is 2.87. The summed E-state index contributed by atoms with van der Waals surface area (Å²) in [5.74, 6) is -1.13. The molecule has 0 aliphatic heterocycles. The van der Waals surface area contributed by atoms with Crippen molar-refractivity contribution in [3.8, 4) is 6.07 Å². The molecule has 8 nitrogen and oxygen atoms in total. The van der Waals surface area contributed by atoms with E-state index >= 15 is 0 Å². The average molecular weight is 265 g/mol. The lowest BCUT2D eigenvalue weighted by Gasteiger charge is -2.20. The SMILES string of the molecule is CN(CCC#N)C(=O)NC(Cc1cnc[nH]1)C(=O)O. The van der Waals surface area contributed by atoms with Crippen LogP contribution in [0.5, 0.6) is 0 Å². The summed E-state index contributed by atoms with van der Waals surface area (Å²) < 4.78 is 0. The molecule has 1 heterocycles. The first kappa shape index (κ1) is 14.5. The lowest BCUT2D eigenvalue weighted by molar-refractivity contribution is -0.139. The van der Waals surface area contributed by atoms with Crippen LogP contribution in [0.3, 0.4) is 0 Å². The van der Waals surface area contributed by atoms with Gasteiger partial charge in [-0.05, 0) is 0 Å². The number of aliphatic carboxylic acids is 1. The second kappa shape index (κ2) is 7.00. The number of hydrogen-bond donors (Lipinski definition) is 3. The third kappa shape index (κ3) is 4.67. The minimum atomic E-state index is -1.13. The topological polar surface area (TPSA) is 122 Å². The second-order valence-electron chi connectivity index (χ2n) is 3.95. The van der Waals surface area contributed by atoms with Crippen molar-refractivity contribution < 1.29 is 14.7 Å². The van der Waals surface area contributed by atoms with Gasteiger partial charge in [0.25, 0.3) is 0 Å². The molecule has 2 amide bonds. The van der Waals surface area contributed by atoms with Gasteiger partial charge in [0.1, 0.15) is 6.04 Å². The Kier molecular flexibility index (Phi) is 5.35. The normalized spacial score (nSPS) is 11.4. The van der Waals surface area contributed by atoms with Crippen LogP contribution >= 0.6 is 0 Å². The molecule has 1 aromatic heterocycles. The maximum atomic E-state index is 11.7. The predicted octanol–water partition coefficient (Wildman–Crippen LogP) is -0.0395. The number of carbonyl (C=O) groups excluding carboxylic acids is 1. The van der Waals surface area contributed by atoms with E-state index in [1.807, 2.05) is 6.07 Å². The molecule has 3 N–H and O–H groups in total. The van der Waals surface area contributed by atoms with Crippen LogP contribution in [0.15, 0.2) is 12.5 Å². The number of nitriles is 1. The highest BCUT2D eigenvalue weighted by Gasteiger charge is 2.22. The number of carboxylic acid groups (broad SMARTS) is 1. The fraction of sp³-hybridized carbons (Fsp3) is 0.455. The largest absolute Gasteiger partial charge is 0.480 e. The second-order valence-corrected chi connectivity index (χ2v) is 3.95. The van der Waals surface area contributed by atoms with Gasteiger partial charge in [-0.3, -0.25) is 0 Å². The monoisotopic (exact) mass is 265 g/mol. The Hall–Kier alpha value is -2.56. The molecule has 0 saturated carbocycles. The zero-order valence-corrected chi connectivity index (χ0v) is 10.5.